The SMILES string of the molecule is CCN(C(=O)c1cc([N+](=O)[O-])ccc1N)c1ccncc1. The smallest absolute Gasteiger partial charge is 0.270 e. The number of nitrogen functional groups attached to an aromatic ring is 1. The molecule has 108 valence electrons. The summed E-state index contributed by atoms with van der Waals surface area (Å²) in [7, 11) is 0. The van der Waals surface area contributed by atoms with Crippen LogP contribution in [0.4, 0.5) is 17.1 Å². The molecule has 0 fully saturated rings. The van der Waals surface area contributed by atoms with Crippen molar-refractivity contribution < 1.29 is 9.72 Å². The Morgan fingerprint density at radius 1 is 1.33 bits per heavy atom. The monoisotopic (exact) mass is 286 g/mol. The maximum atomic E-state index is 12.6. The van der Waals surface area contributed by atoms with E-state index in [4.69, 9.17) is 5.73 Å². The molecule has 7 heteroatoms. The van der Waals surface area contributed by atoms with E-state index < -0.39 is 4.92 Å². The Morgan fingerprint density at radius 2 is 2.00 bits per heavy atom. The molecular weight excluding hydrogens is 272 g/mol. The largest absolute Gasteiger partial charge is 0.398 e. The van der Waals surface area contributed by atoms with Gasteiger partial charge in [-0.05, 0) is 25.1 Å². The summed E-state index contributed by atoms with van der Waals surface area (Å²) in [6.45, 7) is 2.22. The lowest BCUT2D eigenvalue weighted by Crippen LogP contribution is -2.31. The van der Waals surface area contributed by atoms with Crippen molar-refractivity contribution in [2.24, 2.45) is 0 Å². The Morgan fingerprint density at radius 3 is 2.57 bits per heavy atom. The highest BCUT2D eigenvalue weighted by atomic mass is 16.6. The van der Waals surface area contributed by atoms with Gasteiger partial charge in [-0.25, -0.2) is 0 Å². The zero-order valence-corrected chi connectivity index (χ0v) is 11.4. The molecule has 0 atom stereocenters. The lowest BCUT2D eigenvalue weighted by Gasteiger charge is -2.21. The van der Waals surface area contributed by atoms with Crippen LogP contribution in [0.1, 0.15) is 17.3 Å². The lowest BCUT2D eigenvalue weighted by atomic mass is 10.1. The molecule has 0 saturated carbocycles. The summed E-state index contributed by atoms with van der Waals surface area (Å²) >= 11 is 0. The van der Waals surface area contributed by atoms with Crippen LogP contribution in [0.15, 0.2) is 42.7 Å². The molecule has 0 aliphatic carbocycles. The maximum absolute atomic E-state index is 12.6. The Bertz CT molecular complexity index is 673. The molecule has 2 N–H and O–H groups in total. The van der Waals surface area contributed by atoms with Crippen LogP contribution in [-0.4, -0.2) is 22.4 Å². The van der Waals surface area contributed by atoms with Gasteiger partial charge in [0.2, 0.25) is 0 Å². The number of pyridine rings is 1. The number of non-ortho nitro benzene ring substituents is 1. The van der Waals surface area contributed by atoms with Crippen molar-refractivity contribution in [1.82, 2.24) is 4.98 Å². The zero-order valence-electron chi connectivity index (χ0n) is 11.4. The van der Waals surface area contributed by atoms with Crippen molar-refractivity contribution in [3.05, 3.63) is 58.4 Å². The van der Waals surface area contributed by atoms with Crippen LogP contribution in [0.5, 0.6) is 0 Å². The fourth-order valence-electron chi connectivity index (χ4n) is 1.96. The summed E-state index contributed by atoms with van der Waals surface area (Å²) in [5, 5.41) is 10.8. The summed E-state index contributed by atoms with van der Waals surface area (Å²) in [6.07, 6.45) is 3.14. The average molecular weight is 286 g/mol. The van der Waals surface area contributed by atoms with E-state index in [9.17, 15) is 14.9 Å². The number of carbonyl (C=O) groups is 1. The molecule has 0 aliphatic heterocycles. The van der Waals surface area contributed by atoms with E-state index in [1.807, 2.05) is 6.92 Å². The number of nitrogens with zero attached hydrogens (tertiary/aromatic N) is 3. The van der Waals surface area contributed by atoms with Crippen LogP contribution in [0.25, 0.3) is 0 Å². The number of anilines is 2. The number of amides is 1. The number of hydrogen-bond donors (Lipinski definition) is 1. The minimum atomic E-state index is -0.557. The van der Waals surface area contributed by atoms with Crippen LogP contribution in [0, 0.1) is 10.1 Å². The first-order valence-corrected chi connectivity index (χ1v) is 6.30. The minimum Gasteiger partial charge on any atom is -0.398 e. The van der Waals surface area contributed by atoms with E-state index in [0.717, 1.165) is 0 Å². The number of rotatable bonds is 4. The second-order valence-electron chi connectivity index (χ2n) is 4.28. The van der Waals surface area contributed by atoms with Crippen molar-refractivity contribution in [2.75, 3.05) is 17.2 Å². The number of nitro benzene ring substituents is 1. The Kier molecular flexibility index (Phi) is 4.13. The van der Waals surface area contributed by atoms with Crippen molar-refractivity contribution in [1.29, 1.82) is 0 Å². The molecule has 7 nitrogen and oxygen atoms in total. The lowest BCUT2D eigenvalue weighted by molar-refractivity contribution is -0.384. The predicted octanol–water partition coefficient (Wildman–Crippen LogP) is 2.24. The molecule has 2 aromatic rings. The van der Waals surface area contributed by atoms with Crippen molar-refractivity contribution in [3.63, 3.8) is 0 Å². The van der Waals surface area contributed by atoms with Crippen molar-refractivity contribution >= 4 is 23.0 Å². The van der Waals surface area contributed by atoms with Gasteiger partial charge in [0.25, 0.3) is 11.6 Å². The van der Waals surface area contributed by atoms with E-state index in [1.165, 1.54) is 23.1 Å². The highest BCUT2D eigenvalue weighted by molar-refractivity contribution is 6.09. The zero-order chi connectivity index (χ0) is 15.4. The van der Waals surface area contributed by atoms with Crippen LogP contribution >= 0.6 is 0 Å². The second kappa shape index (κ2) is 6.00. The van der Waals surface area contributed by atoms with Crippen molar-refractivity contribution in [3.8, 4) is 0 Å². The van der Waals surface area contributed by atoms with Gasteiger partial charge < -0.3 is 10.6 Å². The molecule has 1 amide bonds. The Balaban J connectivity index is 2.43. The first-order valence-electron chi connectivity index (χ1n) is 6.30. The number of hydrogen-bond acceptors (Lipinski definition) is 5. The van der Waals surface area contributed by atoms with Gasteiger partial charge in [0.15, 0.2) is 0 Å². The van der Waals surface area contributed by atoms with Gasteiger partial charge in [0, 0.05) is 42.4 Å². The summed E-state index contributed by atoms with van der Waals surface area (Å²) in [4.78, 5) is 28.2. The number of nitrogens with two attached hydrogens (primary N) is 1. The second-order valence-corrected chi connectivity index (χ2v) is 4.28. The maximum Gasteiger partial charge on any atom is 0.270 e. The molecule has 0 spiro atoms. The third-order valence-electron chi connectivity index (χ3n) is 3.01. The fraction of sp³-hybridized carbons (Fsp3) is 0.143. The first kappa shape index (κ1) is 14.4. The Labute approximate surface area is 121 Å². The molecule has 0 aliphatic rings. The molecule has 21 heavy (non-hydrogen) atoms. The third-order valence-corrected chi connectivity index (χ3v) is 3.01. The quantitative estimate of drug-likeness (QED) is 0.527. The highest BCUT2D eigenvalue weighted by Crippen LogP contribution is 2.23. The number of benzene rings is 1. The van der Waals surface area contributed by atoms with Crippen LogP contribution in [-0.2, 0) is 0 Å². The summed E-state index contributed by atoms with van der Waals surface area (Å²) in [5.74, 6) is -0.384. The standard InChI is InChI=1S/C14H14N4O3/c1-2-17(10-5-7-16-8-6-10)14(19)12-9-11(18(20)21)3-4-13(12)15/h3-9H,2,15H2,1H3. The molecular formula is C14H14N4O3. The summed E-state index contributed by atoms with van der Waals surface area (Å²) in [6, 6.07) is 7.21. The van der Waals surface area contributed by atoms with Gasteiger partial charge in [-0.15, -0.1) is 0 Å². The summed E-state index contributed by atoms with van der Waals surface area (Å²) in [5.41, 5.74) is 6.59. The molecule has 1 aromatic heterocycles. The van der Waals surface area contributed by atoms with Crippen molar-refractivity contribution in [2.45, 2.75) is 6.92 Å². The van der Waals surface area contributed by atoms with Gasteiger partial charge in [0.05, 0.1) is 10.5 Å². The van der Waals surface area contributed by atoms with E-state index in [1.54, 1.807) is 24.5 Å². The van der Waals surface area contributed by atoms with Gasteiger partial charge in [-0.1, -0.05) is 0 Å². The van der Waals surface area contributed by atoms with E-state index in [-0.39, 0.29) is 22.8 Å². The third kappa shape index (κ3) is 2.97. The van der Waals surface area contributed by atoms with E-state index >= 15 is 0 Å². The molecule has 1 heterocycles. The van der Waals surface area contributed by atoms with Gasteiger partial charge >= 0.3 is 0 Å². The number of carbonyl (C=O) groups excluding carboxylic acids is 1. The first-order chi connectivity index (χ1) is 10.0. The molecule has 0 bridgehead atoms. The van der Waals surface area contributed by atoms with E-state index in [0.29, 0.717) is 12.2 Å². The van der Waals surface area contributed by atoms with Crippen LogP contribution < -0.4 is 10.6 Å². The van der Waals surface area contributed by atoms with Gasteiger partial charge in [-0.3, -0.25) is 19.9 Å². The van der Waals surface area contributed by atoms with Crippen LogP contribution in [0.2, 0.25) is 0 Å². The highest BCUT2D eigenvalue weighted by Gasteiger charge is 2.21. The fourth-order valence-corrected chi connectivity index (χ4v) is 1.96. The van der Waals surface area contributed by atoms with Gasteiger partial charge in [0.1, 0.15) is 0 Å². The normalized spacial score (nSPS) is 10.1. The molecule has 0 radical (unpaired) electrons. The minimum absolute atomic E-state index is 0.114. The van der Waals surface area contributed by atoms with Gasteiger partial charge in [-0.2, -0.15) is 0 Å². The van der Waals surface area contributed by atoms with E-state index in [2.05, 4.69) is 4.98 Å². The molecule has 1 aromatic carbocycles. The number of aromatic nitrogens is 1. The molecule has 0 unspecified atom stereocenters. The summed E-state index contributed by atoms with van der Waals surface area (Å²) < 4.78 is 0. The average Bonchev–Trinajstić information content (AvgIpc) is 2.49. The molecule has 0 saturated heterocycles. The molecule has 2 rings (SSSR count). The number of nitro groups is 1. The van der Waals surface area contributed by atoms with Crippen LogP contribution in [0.3, 0.4) is 0 Å². The Hall–Kier alpha value is -2.96. The topological polar surface area (TPSA) is 102 Å². The predicted molar refractivity (Wildman–Crippen MR) is 79.1 cm³/mol.